The first-order chi connectivity index (χ1) is 16.9. The lowest BCUT2D eigenvalue weighted by molar-refractivity contribution is -0.219. The standard InChI is InChI=1S/C28H30F2N2O4/c1-15-9-18-19-10-21(29)20-11-22-16(14-31-32(22)17-7-5-4-6-8-17)12-25(20,2)27(19,30)23(33)13-26(18,3)28(15,36)24(34)35/h4-8,10-11,14-15,18-19,23,33,36H,9,12-13H2,1-3H3,(H,34,35)/t15?,18?,19?,23-,25-,26-,27-,28-/m0/s1. The summed E-state index contributed by atoms with van der Waals surface area (Å²) in [4.78, 5) is 12.2. The Morgan fingerprint density at radius 1 is 1.22 bits per heavy atom. The quantitative estimate of drug-likeness (QED) is 0.578. The molecule has 0 amide bonds. The number of hydrogen-bond donors (Lipinski definition) is 3. The van der Waals surface area contributed by atoms with E-state index >= 15 is 8.78 Å². The number of aliphatic hydroxyl groups is 2. The van der Waals surface area contributed by atoms with Crippen LogP contribution in [0.5, 0.6) is 0 Å². The Kier molecular flexibility index (Phi) is 4.67. The number of alkyl halides is 1. The highest BCUT2D eigenvalue weighted by atomic mass is 19.1. The van der Waals surface area contributed by atoms with Crippen LogP contribution in [0.4, 0.5) is 8.78 Å². The molecule has 190 valence electrons. The van der Waals surface area contributed by atoms with Gasteiger partial charge in [0.1, 0.15) is 5.83 Å². The van der Waals surface area contributed by atoms with E-state index in [9.17, 15) is 20.1 Å². The van der Waals surface area contributed by atoms with E-state index in [4.69, 9.17) is 0 Å². The van der Waals surface area contributed by atoms with E-state index in [0.29, 0.717) is 5.69 Å². The summed E-state index contributed by atoms with van der Waals surface area (Å²) in [5.74, 6) is -4.38. The van der Waals surface area contributed by atoms with Crippen LogP contribution in [0, 0.1) is 28.6 Å². The minimum Gasteiger partial charge on any atom is -0.479 e. The number of aliphatic hydroxyl groups excluding tert-OH is 1. The summed E-state index contributed by atoms with van der Waals surface area (Å²) in [5, 5.41) is 37.2. The fourth-order valence-electron chi connectivity index (χ4n) is 8.15. The molecule has 3 N–H and O–H groups in total. The van der Waals surface area contributed by atoms with E-state index in [1.807, 2.05) is 30.3 Å². The number of nitrogens with zero attached hydrogens (tertiary/aromatic N) is 2. The number of carboxylic acids is 1. The van der Waals surface area contributed by atoms with Crippen molar-refractivity contribution in [2.24, 2.45) is 28.6 Å². The predicted octanol–water partition coefficient (Wildman–Crippen LogP) is 4.25. The number of benzene rings is 1. The number of aromatic nitrogens is 2. The van der Waals surface area contributed by atoms with Crippen LogP contribution in [0.25, 0.3) is 11.8 Å². The molecule has 0 bridgehead atoms. The molecule has 4 aliphatic carbocycles. The molecule has 3 unspecified atom stereocenters. The Morgan fingerprint density at radius 2 is 1.92 bits per heavy atom. The second kappa shape index (κ2) is 7.13. The Bertz CT molecular complexity index is 1340. The molecule has 1 aromatic heterocycles. The third kappa shape index (κ3) is 2.52. The van der Waals surface area contributed by atoms with E-state index in [-0.39, 0.29) is 24.8 Å². The Morgan fingerprint density at radius 3 is 2.58 bits per heavy atom. The van der Waals surface area contributed by atoms with Crippen molar-refractivity contribution in [3.8, 4) is 5.69 Å². The number of rotatable bonds is 2. The van der Waals surface area contributed by atoms with E-state index in [2.05, 4.69) is 5.10 Å². The van der Waals surface area contributed by atoms with Crippen LogP contribution >= 0.6 is 0 Å². The SMILES string of the molecule is CC1CC2C3C=C(F)C4=Cc5c(cnn5-c5ccccc5)C[C@]4(C)[C@@]3(F)[C@@H](O)C[C@]2(C)[C@@]1(O)C(=O)O. The van der Waals surface area contributed by atoms with Gasteiger partial charge in [0.2, 0.25) is 0 Å². The lowest BCUT2D eigenvalue weighted by Crippen LogP contribution is -2.69. The van der Waals surface area contributed by atoms with Crippen molar-refractivity contribution in [1.82, 2.24) is 9.78 Å². The van der Waals surface area contributed by atoms with Crippen LogP contribution in [0.3, 0.4) is 0 Å². The lowest BCUT2D eigenvalue weighted by atomic mass is 9.45. The zero-order valence-electron chi connectivity index (χ0n) is 20.4. The van der Waals surface area contributed by atoms with Crippen LogP contribution in [-0.2, 0) is 11.2 Å². The summed E-state index contributed by atoms with van der Waals surface area (Å²) in [7, 11) is 0. The Hall–Kier alpha value is -2.84. The summed E-state index contributed by atoms with van der Waals surface area (Å²) in [6.07, 6.45) is 3.05. The maximum absolute atomic E-state index is 17.6. The number of hydrogen-bond acceptors (Lipinski definition) is 4. The molecule has 6 rings (SSSR count). The van der Waals surface area contributed by atoms with Crippen LogP contribution in [0.15, 0.2) is 54.0 Å². The van der Waals surface area contributed by atoms with E-state index in [1.165, 1.54) is 6.08 Å². The number of para-hydroxylation sites is 1. The molecule has 0 radical (unpaired) electrons. The van der Waals surface area contributed by atoms with Gasteiger partial charge >= 0.3 is 5.97 Å². The number of aliphatic carboxylic acids is 1. The zero-order chi connectivity index (χ0) is 25.8. The number of allylic oxidation sites excluding steroid dienone is 3. The maximum atomic E-state index is 17.6. The highest BCUT2D eigenvalue weighted by Crippen LogP contribution is 2.70. The van der Waals surface area contributed by atoms with Crippen LogP contribution in [-0.4, -0.2) is 48.4 Å². The molecule has 1 heterocycles. The molecule has 2 saturated carbocycles. The van der Waals surface area contributed by atoms with Gasteiger partial charge in [-0.2, -0.15) is 5.10 Å². The summed E-state index contributed by atoms with van der Waals surface area (Å²) in [6.45, 7) is 4.88. The summed E-state index contributed by atoms with van der Waals surface area (Å²) < 4.78 is 35.2. The van der Waals surface area contributed by atoms with Gasteiger partial charge in [0, 0.05) is 16.7 Å². The Labute approximate surface area is 208 Å². The van der Waals surface area contributed by atoms with Crippen LogP contribution in [0.2, 0.25) is 0 Å². The summed E-state index contributed by atoms with van der Waals surface area (Å²) in [6, 6.07) is 9.41. The average Bonchev–Trinajstić information content (AvgIpc) is 3.33. The molecule has 6 nitrogen and oxygen atoms in total. The molecule has 0 spiro atoms. The van der Waals surface area contributed by atoms with Crippen molar-refractivity contribution in [2.75, 3.05) is 0 Å². The van der Waals surface area contributed by atoms with Crippen molar-refractivity contribution >= 4 is 12.0 Å². The average molecular weight is 497 g/mol. The highest BCUT2D eigenvalue weighted by molar-refractivity contribution is 5.80. The highest BCUT2D eigenvalue weighted by Gasteiger charge is 2.76. The third-order valence-electron chi connectivity index (χ3n) is 10.1. The summed E-state index contributed by atoms with van der Waals surface area (Å²) in [5.41, 5.74) is -4.72. The first-order valence-electron chi connectivity index (χ1n) is 12.4. The van der Waals surface area contributed by atoms with Gasteiger partial charge in [0.05, 0.1) is 23.7 Å². The second-order valence-electron chi connectivity index (χ2n) is 11.6. The molecule has 0 aliphatic heterocycles. The second-order valence-corrected chi connectivity index (χ2v) is 11.6. The van der Waals surface area contributed by atoms with Gasteiger partial charge in [-0.25, -0.2) is 18.3 Å². The molecule has 8 heteroatoms. The number of carboxylic acid groups (broad SMARTS) is 1. The normalized spacial score (nSPS) is 43.0. The molecular formula is C28H30F2N2O4. The molecule has 4 aliphatic rings. The molecule has 2 fully saturated rings. The molecule has 1 aromatic carbocycles. The van der Waals surface area contributed by atoms with Crippen LogP contribution in [0.1, 0.15) is 44.9 Å². The molecule has 8 atom stereocenters. The third-order valence-corrected chi connectivity index (χ3v) is 10.1. The first-order valence-corrected chi connectivity index (χ1v) is 12.4. The van der Waals surface area contributed by atoms with Gasteiger partial charge in [-0.1, -0.05) is 39.0 Å². The topological polar surface area (TPSA) is 95.6 Å². The Balaban J connectivity index is 1.52. The molecule has 0 saturated heterocycles. The van der Waals surface area contributed by atoms with Gasteiger partial charge in [-0.05, 0) is 66.5 Å². The van der Waals surface area contributed by atoms with Gasteiger partial charge in [-0.15, -0.1) is 0 Å². The van der Waals surface area contributed by atoms with Crippen LogP contribution < -0.4 is 0 Å². The van der Waals surface area contributed by atoms with Gasteiger partial charge in [0.25, 0.3) is 0 Å². The zero-order valence-corrected chi connectivity index (χ0v) is 20.4. The van der Waals surface area contributed by atoms with E-state index in [1.54, 1.807) is 37.7 Å². The smallest absolute Gasteiger partial charge is 0.336 e. The number of halogens is 2. The van der Waals surface area contributed by atoms with Gasteiger partial charge < -0.3 is 15.3 Å². The monoisotopic (exact) mass is 496 g/mol. The number of carbonyl (C=O) groups is 1. The van der Waals surface area contributed by atoms with E-state index in [0.717, 1.165) is 11.3 Å². The number of fused-ring (bicyclic) bond motifs is 6. The molecular weight excluding hydrogens is 466 g/mol. The molecule has 2 aromatic rings. The maximum Gasteiger partial charge on any atom is 0.336 e. The largest absolute Gasteiger partial charge is 0.479 e. The minimum atomic E-state index is -2.26. The predicted molar refractivity (Wildman–Crippen MR) is 128 cm³/mol. The fourth-order valence-corrected chi connectivity index (χ4v) is 8.15. The van der Waals surface area contributed by atoms with Crippen molar-refractivity contribution in [1.29, 1.82) is 0 Å². The van der Waals surface area contributed by atoms with E-state index < -0.39 is 57.8 Å². The van der Waals surface area contributed by atoms with Crippen molar-refractivity contribution in [3.05, 3.63) is 65.3 Å². The first kappa shape index (κ1) is 23.6. The van der Waals surface area contributed by atoms with Gasteiger partial charge in [-0.3, -0.25) is 0 Å². The van der Waals surface area contributed by atoms with Gasteiger partial charge in [0.15, 0.2) is 11.3 Å². The minimum absolute atomic E-state index is 0.133. The fraction of sp³-hybridized carbons (Fsp3) is 0.500. The van der Waals surface area contributed by atoms with Crippen molar-refractivity contribution in [2.45, 2.75) is 57.4 Å². The van der Waals surface area contributed by atoms with Crippen molar-refractivity contribution in [3.63, 3.8) is 0 Å². The van der Waals surface area contributed by atoms with Crippen molar-refractivity contribution < 1.29 is 28.9 Å². The lowest BCUT2D eigenvalue weighted by Gasteiger charge is -2.61. The molecule has 36 heavy (non-hydrogen) atoms. The summed E-state index contributed by atoms with van der Waals surface area (Å²) >= 11 is 0.